The van der Waals surface area contributed by atoms with Gasteiger partial charge in [0, 0.05) is 11.6 Å². The van der Waals surface area contributed by atoms with Crippen molar-refractivity contribution in [2.24, 2.45) is 5.10 Å². The molecule has 0 spiro atoms. The Morgan fingerprint density at radius 2 is 2.18 bits per heavy atom. The first-order valence-electron chi connectivity index (χ1n) is 8.35. The fourth-order valence-electron chi connectivity index (χ4n) is 2.47. The van der Waals surface area contributed by atoms with Gasteiger partial charge in [-0.15, -0.1) is 0 Å². The first-order valence-corrected chi connectivity index (χ1v) is 8.35. The topological polar surface area (TPSA) is 133 Å². The van der Waals surface area contributed by atoms with Crippen LogP contribution in [0.3, 0.4) is 0 Å². The second-order valence-electron chi connectivity index (χ2n) is 5.67. The first-order chi connectivity index (χ1) is 13.5. The third-order valence-electron chi connectivity index (χ3n) is 3.78. The van der Waals surface area contributed by atoms with Gasteiger partial charge >= 0.3 is 0 Å². The first kappa shape index (κ1) is 19.0. The fourth-order valence-corrected chi connectivity index (χ4v) is 2.47. The summed E-state index contributed by atoms with van der Waals surface area (Å²) in [5.41, 5.74) is 2.00. The van der Waals surface area contributed by atoms with Crippen LogP contribution >= 0.6 is 0 Å². The summed E-state index contributed by atoms with van der Waals surface area (Å²) in [6.45, 7) is 1.90. The summed E-state index contributed by atoms with van der Waals surface area (Å²) in [6, 6.07) is 9.16. The van der Waals surface area contributed by atoms with E-state index in [4.69, 9.17) is 14.2 Å². The number of benzene rings is 2. The Bertz CT molecular complexity index is 929. The largest absolute Gasteiger partial charge is 0.504 e. The number of phenols is 1. The van der Waals surface area contributed by atoms with Crippen molar-refractivity contribution < 1.29 is 29.0 Å². The number of nitrogens with zero attached hydrogens (tertiary/aromatic N) is 2. The quantitative estimate of drug-likeness (QED) is 0.440. The molecule has 1 aliphatic rings. The summed E-state index contributed by atoms with van der Waals surface area (Å²) in [7, 11) is 0. The highest BCUT2D eigenvalue weighted by atomic mass is 16.6. The fraction of sp³-hybridized carbons (Fsp3) is 0.222. The number of nitrogens with one attached hydrogen (secondary N) is 1. The van der Waals surface area contributed by atoms with Crippen molar-refractivity contribution in [1.82, 2.24) is 5.43 Å². The van der Waals surface area contributed by atoms with Crippen LogP contribution in [-0.2, 0) is 4.79 Å². The van der Waals surface area contributed by atoms with Gasteiger partial charge in [0.25, 0.3) is 11.6 Å². The summed E-state index contributed by atoms with van der Waals surface area (Å²) in [5, 5.41) is 24.9. The average molecular weight is 387 g/mol. The highest BCUT2D eigenvalue weighted by Crippen LogP contribution is 2.34. The van der Waals surface area contributed by atoms with E-state index in [9.17, 15) is 20.0 Å². The van der Waals surface area contributed by atoms with E-state index in [1.165, 1.54) is 0 Å². The number of fused-ring (bicyclic) bond motifs is 1. The number of hydrogen-bond acceptors (Lipinski definition) is 8. The molecule has 2 N–H and O–H groups in total. The van der Waals surface area contributed by atoms with Crippen LogP contribution in [0.2, 0.25) is 0 Å². The number of hydrazone groups is 1. The van der Waals surface area contributed by atoms with Gasteiger partial charge in [0.2, 0.25) is 6.10 Å². The Hall–Kier alpha value is -3.82. The zero-order valence-corrected chi connectivity index (χ0v) is 14.8. The molecule has 2 aromatic rings. The molecular weight excluding hydrogens is 370 g/mol. The number of carbonyl (C=O) groups excluding carboxylic acids is 1. The van der Waals surface area contributed by atoms with Crippen molar-refractivity contribution in [3.8, 4) is 23.0 Å². The lowest BCUT2D eigenvalue weighted by Crippen LogP contribution is -2.42. The van der Waals surface area contributed by atoms with Crippen LogP contribution in [0, 0.1) is 10.1 Å². The molecule has 3 rings (SSSR count). The molecule has 10 heteroatoms. The predicted octanol–water partition coefficient (Wildman–Crippen LogP) is 1.99. The summed E-state index contributed by atoms with van der Waals surface area (Å²) in [6.07, 6.45) is 0.171. The van der Waals surface area contributed by atoms with Gasteiger partial charge in [0.05, 0.1) is 23.8 Å². The zero-order valence-electron chi connectivity index (χ0n) is 14.8. The maximum Gasteiger partial charge on any atom is 0.284 e. The standard InChI is InChI=1S/C18H17N3O7/c1-2-26-15-8-12(21(24)25)7-11(17(15)22)9-19-20-18(23)16-10-27-13-5-3-4-6-14(13)28-16/h3-9,16,22H,2,10H2,1H3,(H,20,23)/b19-9-/t16-/m0/s1. The Morgan fingerprint density at radius 3 is 2.89 bits per heavy atom. The zero-order chi connectivity index (χ0) is 20.1. The van der Waals surface area contributed by atoms with Crippen LogP contribution in [0.25, 0.3) is 0 Å². The minimum Gasteiger partial charge on any atom is -0.504 e. The van der Waals surface area contributed by atoms with Gasteiger partial charge in [0.15, 0.2) is 23.0 Å². The average Bonchev–Trinajstić information content (AvgIpc) is 2.70. The van der Waals surface area contributed by atoms with E-state index in [0.29, 0.717) is 11.5 Å². The lowest BCUT2D eigenvalue weighted by molar-refractivity contribution is -0.385. The van der Waals surface area contributed by atoms with E-state index in [1.54, 1.807) is 31.2 Å². The molecule has 0 aromatic heterocycles. The van der Waals surface area contributed by atoms with Crippen molar-refractivity contribution in [2.75, 3.05) is 13.2 Å². The summed E-state index contributed by atoms with van der Waals surface area (Å²) in [5.74, 6) is 0.0398. The van der Waals surface area contributed by atoms with E-state index < -0.39 is 16.9 Å². The summed E-state index contributed by atoms with van der Waals surface area (Å²) < 4.78 is 16.2. The second kappa shape index (κ2) is 8.25. The van der Waals surface area contributed by atoms with Crippen LogP contribution in [0.5, 0.6) is 23.0 Å². The third-order valence-corrected chi connectivity index (χ3v) is 3.78. The molecule has 0 saturated heterocycles. The molecule has 1 amide bonds. The van der Waals surface area contributed by atoms with Crippen LogP contribution in [0.15, 0.2) is 41.5 Å². The smallest absolute Gasteiger partial charge is 0.284 e. The van der Waals surface area contributed by atoms with Crippen molar-refractivity contribution >= 4 is 17.8 Å². The monoisotopic (exact) mass is 387 g/mol. The van der Waals surface area contributed by atoms with Gasteiger partial charge in [-0.05, 0) is 19.1 Å². The number of nitro groups is 1. The van der Waals surface area contributed by atoms with Crippen molar-refractivity contribution in [3.05, 3.63) is 52.1 Å². The molecule has 0 saturated carbocycles. The second-order valence-corrected chi connectivity index (χ2v) is 5.67. The van der Waals surface area contributed by atoms with Crippen LogP contribution in [-0.4, -0.2) is 41.5 Å². The minimum atomic E-state index is -0.912. The molecule has 10 nitrogen and oxygen atoms in total. The molecular formula is C18H17N3O7. The van der Waals surface area contributed by atoms with Gasteiger partial charge in [-0.1, -0.05) is 12.1 Å². The van der Waals surface area contributed by atoms with Crippen LogP contribution in [0.1, 0.15) is 12.5 Å². The van der Waals surface area contributed by atoms with Crippen molar-refractivity contribution in [2.45, 2.75) is 13.0 Å². The molecule has 1 heterocycles. The third kappa shape index (κ3) is 4.11. The maximum absolute atomic E-state index is 12.2. The van der Waals surface area contributed by atoms with Crippen LogP contribution in [0.4, 0.5) is 5.69 Å². The Labute approximate surface area is 159 Å². The number of para-hydroxylation sites is 2. The Morgan fingerprint density at radius 1 is 1.43 bits per heavy atom. The number of rotatable bonds is 6. The summed E-state index contributed by atoms with van der Waals surface area (Å²) >= 11 is 0. The predicted molar refractivity (Wildman–Crippen MR) is 98.0 cm³/mol. The highest BCUT2D eigenvalue weighted by molar-refractivity contribution is 5.88. The number of carbonyl (C=O) groups is 1. The number of amides is 1. The van der Waals surface area contributed by atoms with E-state index in [0.717, 1.165) is 18.3 Å². The molecule has 28 heavy (non-hydrogen) atoms. The molecule has 2 aromatic carbocycles. The number of non-ortho nitro benzene ring substituents is 1. The van der Waals surface area contributed by atoms with E-state index in [-0.39, 0.29) is 36.0 Å². The Balaban J connectivity index is 1.70. The van der Waals surface area contributed by atoms with E-state index in [1.807, 2.05) is 0 Å². The van der Waals surface area contributed by atoms with Gasteiger partial charge < -0.3 is 19.3 Å². The Kier molecular flexibility index (Phi) is 5.58. The van der Waals surface area contributed by atoms with Gasteiger partial charge in [-0.3, -0.25) is 14.9 Å². The minimum absolute atomic E-state index is 0.00884. The number of nitro benzene ring substituents is 1. The lowest BCUT2D eigenvalue weighted by Gasteiger charge is -2.24. The van der Waals surface area contributed by atoms with Crippen LogP contribution < -0.4 is 19.6 Å². The lowest BCUT2D eigenvalue weighted by atomic mass is 10.1. The SMILES string of the molecule is CCOc1cc([N+](=O)[O-])cc(/C=N\NC(=O)[C@@H]2COc3ccccc3O2)c1O. The van der Waals surface area contributed by atoms with E-state index in [2.05, 4.69) is 10.5 Å². The number of phenolic OH excluding ortho intramolecular Hbond substituents is 1. The van der Waals surface area contributed by atoms with Crippen molar-refractivity contribution in [1.29, 1.82) is 0 Å². The molecule has 0 unspecified atom stereocenters. The molecule has 1 atom stereocenters. The highest BCUT2D eigenvalue weighted by Gasteiger charge is 2.27. The molecule has 0 radical (unpaired) electrons. The number of aromatic hydroxyl groups is 1. The number of hydrogen-bond donors (Lipinski definition) is 2. The molecule has 0 fully saturated rings. The maximum atomic E-state index is 12.2. The molecule has 1 aliphatic heterocycles. The van der Waals surface area contributed by atoms with Crippen molar-refractivity contribution in [3.63, 3.8) is 0 Å². The van der Waals surface area contributed by atoms with E-state index >= 15 is 0 Å². The normalized spacial score (nSPS) is 15.2. The van der Waals surface area contributed by atoms with Gasteiger partial charge in [-0.2, -0.15) is 5.10 Å². The molecule has 0 bridgehead atoms. The molecule has 0 aliphatic carbocycles. The molecule has 146 valence electrons. The van der Waals surface area contributed by atoms with Gasteiger partial charge in [0.1, 0.15) is 6.61 Å². The van der Waals surface area contributed by atoms with Gasteiger partial charge in [-0.25, -0.2) is 5.43 Å². The number of ether oxygens (including phenoxy) is 3. The summed E-state index contributed by atoms with van der Waals surface area (Å²) in [4.78, 5) is 22.6.